The lowest BCUT2D eigenvalue weighted by Crippen LogP contribution is -2.58. The maximum Gasteiger partial charge on any atom is 0.326 e. The number of phenolic OH excluding ortho intramolecular Hbond substituents is 1. The average Bonchev–Trinajstić information content (AvgIpc) is 2.91. The van der Waals surface area contributed by atoms with Gasteiger partial charge in [-0.3, -0.25) is 19.2 Å². The van der Waals surface area contributed by atoms with Gasteiger partial charge < -0.3 is 42.1 Å². The molecular weight excluding hydrogens is 524 g/mol. The average molecular weight is 559 g/mol. The van der Waals surface area contributed by atoms with Crippen molar-refractivity contribution in [2.24, 2.45) is 5.73 Å². The number of amides is 3. The number of aliphatic hydroxyl groups excluding tert-OH is 1. The molecule has 0 heterocycles. The van der Waals surface area contributed by atoms with Crippen molar-refractivity contribution in [3.8, 4) is 5.75 Å². The van der Waals surface area contributed by atoms with Crippen LogP contribution in [0.5, 0.6) is 5.75 Å². The van der Waals surface area contributed by atoms with Crippen LogP contribution >= 0.6 is 0 Å². The van der Waals surface area contributed by atoms with E-state index < -0.39 is 66.4 Å². The highest BCUT2D eigenvalue weighted by atomic mass is 16.4. The molecule has 2 aromatic carbocycles. The van der Waals surface area contributed by atoms with Gasteiger partial charge in [0.05, 0.1) is 6.10 Å². The van der Waals surface area contributed by atoms with Crippen LogP contribution in [-0.4, -0.2) is 80.4 Å². The van der Waals surface area contributed by atoms with Gasteiger partial charge in [-0.2, -0.15) is 0 Å². The van der Waals surface area contributed by atoms with E-state index in [0.717, 1.165) is 0 Å². The van der Waals surface area contributed by atoms with E-state index in [0.29, 0.717) is 11.1 Å². The second-order valence-electron chi connectivity index (χ2n) is 9.28. The number of hydrogen-bond donors (Lipinski definition) is 8. The molecule has 0 radical (unpaired) electrons. The molecule has 40 heavy (non-hydrogen) atoms. The van der Waals surface area contributed by atoms with Gasteiger partial charge in [0.15, 0.2) is 0 Å². The molecule has 0 saturated heterocycles. The smallest absolute Gasteiger partial charge is 0.326 e. The number of phenols is 1. The number of hydrogen-bond acceptors (Lipinski definition) is 8. The lowest BCUT2D eigenvalue weighted by Gasteiger charge is -2.25. The molecule has 0 aromatic heterocycles. The zero-order chi connectivity index (χ0) is 29.8. The second-order valence-corrected chi connectivity index (χ2v) is 9.28. The Morgan fingerprint density at radius 1 is 0.750 bits per heavy atom. The standard InChI is InChI=1S/C27H34N4O9/c1-15(32)23(28)26(38)30-20(13-17-7-9-18(33)10-8-17)25(37)29-19(11-12-22(34)35)24(36)31-21(27(39)40)14-16-5-3-2-4-6-16/h2-10,15,19-21,23,32-33H,11-14,28H2,1H3,(H,29,37)(H,30,38)(H,31,36)(H,34,35)(H,39,40). The Hall–Kier alpha value is -4.49. The number of carboxylic acids is 2. The summed E-state index contributed by atoms with van der Waals surface area (Å²) in [5.41, 5.74) is 6.84. The minimum absolute atomic E-state index is 0.0289. The summed E-state index contributed by atoms with van der Waals surface area (Å²) in [5, 5.41) is 45.2. The quantitative estimate of drug-likeness (QED) is 0.137. The van der Waals surface area contributed by atoms with E-state index in [4.69, 9.17) is 10.8 Å². The van der Waals surface area contributed by atoms with Crippen molar-refractivity contribution in [2.75, 3.05) is 0 Å². The van der Waals surface area contributed by atoms with Crippen LogP contribution in [0.15, 0.2) is 54.6 Å². The van der Waals surface area contributed by atoms with Crippen molar-refractivity contribution in [2.45, 2.75) is 62.9 Å². The molecule has 0 fully saturated rings. The third kappa shape index (κ3) is 10.3. The van der Waals surface area contributed by atoms with E-state index >= 15 is 0 Å². The molecule has 0 aliphatic heterocycles. The minimum atomic E-state index is -1.45. The Balaban J connectivity index is 2.26. The molecule has 0 bridgehead atoms. The summed E-state index contributed by atoms with van der Waals surface area (Å²) in [6, 6.07) is 8.77. The Kier molecular flexibility index (Phi) is 12.0. The lowest BCUT2D eigenvalue weighted by molar-refractivity contribution is -0.143. The first kappa shape index (κ1) is 31.7. The Labute approximate surface area is 230 Å². The maximum absolute atomic E-state index is 13.3. The van der Waals surface area contributed by atoms with Crippen molar-refractivity contribution >= 4 is 29.7 Å². The maximum atomic E-state index is 13.3. The Bertz CT molecular complexity index is 1170. The van der Waals surface area contributed by atoms with Gasteiger partial charge in [0.25, 0.3) is 0 Å². The van der Waals surface area contributed by atoms with Crippen LogP contribution in [-0.2, 0) is 36.8 Å². The zero-order valence-corrected chi connectivity index (χ0v) is 21.8. The Morgan fingerprint density at radius 2 is 1.25 bits per heavy atom. The van der Waals surface area contributed by atoms with Crippen LogP contribution < -0.4 is 21.7 Å². The van der Waals surface area contributed by atoms with E-state index in [1.807, 2.05) is 0 Å². The third-order valence-corrected chi connectivity index (χ3v) is 6.01. The molecule has 13 heteroatoms. The molecule has 9 N–H and O–H groups in total. The van der Waals surface area contributed by atoms with Crippen LogP contribution in [0.1, 0.15) is 30.9 Å². The van der Waals surface area contributed by atoms with E-state index in [1.54, 1.807) is 30.3 Å². The van der Waals surface area contributed by atoms with Gasteiger partial charge in [-0.15, -0.1) is 0 Å². The van der Waals surface area contributed by atoms with Crippen LogP contribution in [0, 0.1) is 0 Å². The number of nitrogens with one attached hydrogen (secondary N) is 3. The molecule has 0 spiro atoms. The molecule has 216 valence electrons. The van der Waals surface area contributed by atoms with Crippen molar-refractivity contribution < 1.29 is 44.4 Å². The fraction of sp³-hybridized carbons (Fsp3) is 0.370. The van der Waals surface area contributed by atoms with Gasteiger partial charge >= 0.3 is 11.9 Å². The van der Waals surface area contributed by atoms with Crippen molar-refractivity contribution in [1.82, 2.24) is 16.0 Å². The van der Waals surface area contributed by atoms with Crippen molar-refractivity contribution in [3.63, 3.8) is 0 Å². The van der Waals surface area contributed by atoms with E-state index in [-0.39, 0.29) is 25.0 Å². The summed E-state index contributed by atoms with van der Waals surface area (Å²) in [6.07, 6.45) is -2.28. The molecule has 13 nitrogen and oxygen atoms in total. The van der Waals surface area contributed by atoms with Crippen LogP contribution in [0.4, 0.5) is 0 Å². The number of carbonyl (C=O) groups is 5. The highest BCUT2D eigenvalue weighted by Gasteiger charge is 2.31. The normalized spacial score (nSPS) is 14.6. The largest absolute Gasteiger partial charge is 0.508 e. The third-order valence-electron chi connectivity index (χ3n) is 6.01. The first-order valence-corrected chi connectivity index (χ1v) is 12.5. The Morgan fingerprint density at radius 3 is 1.80 bits per heavy atom. The number of nitrogens with two attached hydrogens (primary N) is 1. The highest BCUT2D eigenvalue weighted by Crippen LogP contribution is 2.12. The van der Waals surface area contributed by atoms with Gasteiger partial charge in [0.2, 0.25) is 17.7 Å². The molecule has 3 amide bonds. The predicted octanol–water partition coefficient (Wildman–Crippen LogP) is -0.711. The number of carbonyl (C=O) groups excluding carboxylic acids is 3. The molecule has 5 atom stereocenters. The second kappa shape index (κ2) is 15.2. The fourth-order valence-electron chi connectivity index (χ4n) is 3.70. The molecule has 5 unspecified atom stereocenters. The molecule has 0 aliphatic carbocycles. The molecular formula is C27H34N4O9. The number of carboxylic acid groups (broad SMARTS) is 2. The predicted molar refractivity (Wildman–Crippen MR) is 142 cm³/mol. The summed E-state index contributed by atoms with van der Waals surface area (Å²) in [7, 11) is 0. The fourth-order valence-corrected chi connectivity index (χ4v) is 3.70. The lowest BCUT2D eigenvalue weighted by atomic mass is 10.0. The van der Waals surface area contributed by atoms with Crippen LogP contribution in [0.2, 0.25) is 0 Å². The van der Waals surface area contributed by atoms with Gasteiger partial charge in [0, 0.05) is 19.3 Å². The molecule has 0 aliphatic rings. The molecule has 0 saturated carbocycles. The van der Waals surface area contributed by atoms with Gasteiger partial charge in [-0.05, 0) is 36.6 Å². The van der Waals surface area contributed by atoms with Gasteiger partial charge in [0.1, 0.15) is 29.9 Å². The van der Waals surface area contributed by atoms with E-state index in [9.17, 15) is 39.3 Å². The number of aliphatic carboxylic acids is 2. The summed E-state index contributed by atoms with van der Waals surface area (Å²) in [6.45, 7) is 1.29. The molecule has 2 rings (SSSR count). The first-order valence-electron chi connectivity index (χ1n) is 12.5. The summed E-state index contributed by atoms with van der Waals surface area (Å²) < 4.78 is 0. The van der Waals surface area contributed by atoms with Crippen LogP contribution in [0.25, 0.3) is 0 Å². The topological polar surface area (TPSA) is 228 Å². The number of rotatable bonds is 15. The van der Waals surface area contributed by atoms with Crippen molar-refractivity contribution in [1.29, 1.82) is 0 Å². The zero-order valence-electron chi connectivity index (χ0n) is 21.8. The monoisotopic (exact) mass is 558 g/mol. The number of benzene rings is 2. The highest BCUT2D eigenvalue weighted by molar-refractivity contribution is 5.94. The van der Waals surface area contributed by atoms with Gasteiger partial charge in [-0.1, -0.05) is 42.5 Å². The number of aromatic hydroxyl groups is 1. The van der Waals surface area contributed by atoms with Gasteiger partial charge in [-0.25, -0.2) is 4.79 Å². The summed E-state index contributed by atoms with van der Waals surface area (Å²) in [4.78, 5) is 62.0. The SMILES string of the molecule is CC(O)C(N)C(=O)NC(Cc1ccc(O)cc1)C(=O)NC(CCC(=O)O)C(=O)NC(Cc1ccccc1)C(=O)O. The van der Waals surface area contributed by atoms with Crippen molar-refractivity contribution in [3.05, 3.63) is 65.7 Å². The van der Waals surface area contributed by atoms with E-state index in [2.05, 4.69) is 16.0 Å². The van der Waals surface area contributed by atoms with E-state index in [1.165, 1.54) is 31.2 Å². The number of aliphatic hydroxyl groups is 1. The minimum Gasteiger partial charge on any atom is -0.508 e. The summed E-state index contributed by atoms with van der Waals surface area (Å²) >= 11 is 0. The summed E-state index contributed by atoms with van der Waals surface area (Å²) in [5.74, 6) is -5.26. The van der Waals surface area contributed by atoms with Crippen LogP contribution in [0.3, 0.4) is 0 Å². The first-order chi connectivity index (χ1) is 18.9. The molecule has 2 aromatic rings.